The van der Waals surface area contributed by atoms with Crippen LogP contribution in [0.25, 0.3) is 11.0 Å². The maximum Gasteiger partial charge on any atom is 0.334 e. The number of nitrogens with zero attached hydrogens (tertiary/aromatic N) is 2. The summed E-state index contributed by atoms with van der Waals surface area (Å²) in [6.45, 7) is 1.77. The van der Waals surface area contributed by atoms with Crippen molar-refractivity contribution in [2.24, 2.45) is 0 Å². The molecule has 1 atom stereocenters. The number of aliphatic carboxylic acids is 1. The lowest BCUT2D eigenvalue weighted by Gasteiger charge is -2.30. The highest BCUT2D eigenvalue weighted by molar-refractivity contribution is 7.97. The minimum absolute atomic E-state index is 0.0122. The minimum Gasteiger partial charge on any atom is -0.479 e. The average Bonchev–Trinajstić information content (AvgIpc) is 3.04. The summed E-state index contributed by atoms with van der Waals surface area (Å²) in [5.74, 6) is 0.0207. The molecular weight excluding hydrogens is 374 g/mol. The first kappa shape index (κ1) is 19.9. The summed E-state index contributed by atoms with van der Waals surface area (Å²) in [5.41, 5.74) is 0.772. The standard InChI is InChI=1S/C21H23N3O3S/c1-3-21(20(26)27,15-9-5-4-6-10-15)23-19(25)13-24-17-12-8-7-11-16(17)22-18(24)14-28-2/h4-12H,3,13-14H2,1-2H3,(H,23,25)(H,26,27). The van der Waals surface area contributed by atoms with Crippen molar-refractivity contribution in [1.29, 1.82) is 0 Å². The van der Waals surface area contributed by atoms with Crippen molar-refractivity contribution in [1.82, 2.24) is 14.9 Å². The molecule has 0 radical (unpaired) electrons. The van der Waals surface area contributed by atoms with Crippen molar-refractivity contribution < 1.29 is 14.7 Å². The fourth-order valence-electron chi connectivity index (χ4n) is 3.38. The van der Waals surface area contributed by atoms with Gasteiger partial charge in [-0.3, -0.25) is 4.79 Å². The van der Waals surface area contributed by atoms with Crippen LogP contribution in [-0.4, -0.2) is 32.8 Å². The Balaban J connectivity index is 1.93. The summed E-state index contributed by atoms with van der Waals surface area (Å²) in [7, 11) is 0. The Morgan fingerprint density at radius 2 is 1.82 bits per heavy atom. The molecule has 0 spiro atoms. The Bertz CT molecular complexity index is 987. The molecule has 1 aromatic heterocycles. The third-order valence-corrected chi connectivity index (χ3v) is 5.37. The molecule has 0 fully saturated rings. The molecule has 6 nitrogen and oxygen atoms in total. The summed E-state index contributed by atoms with van der Waals surface area (Å²) >= 11 is 1.62. The number of hydrogen-bond acceptors (Lipinski definition) is 4. The number of thioether (sulfide) groups is 1. The zero-order valence-corrected chi connectivity index (χ0v) is 16.7. The Morgan fingerprint density at radius 3 is 2.46 bits per heavy atom. The van der Waals surface area contributed by atoms with E-state index in [9.17, 15) is 14.7 Å². The van der Waals surface area contributed by atoms with Crippen molar-refractivity contribution >= 4 is 34.7 Å². The monoisotopic (exact) mass is 397 g/mol. The van der Waals surface area contributed by atoms with E-state index in [-0.39, 0.29) is 18.9 Å². The van der Waals surface area contributed by atoms with Crippen LogP contribution in [0.2, 0.25) is 0 Å². The lowest BCUT2D eigenvalue weighted by Crippen LogP contribution is -2.52. The van der Waals surface area contributed by atoms with Crippen LogP contribution in [0.5, 0.6) is 0 Å². The van der Waals surface area contributed by atoms with Crippen molar-refractivity contribution in [2.75, 3.05) is 6.26 Å². The second-order valence-corrected chi connectivity index (χ2v) is 7.38. The Kier molecular flexibility index (Phi) is 6.04. The van der Waals surface area contributed by atoms with Crippen LogP contribution >= 0.6 is 11.8 Å². The Morgan fingerprint density at radius 1 is 1.14 bits per heavy atom. The molecule has 1 amide bonds. The SMILES string of the molecule is CCC(NC(=O)Cn1c(CSC)nc2ccccc21)(C(=O)O)c1ccccc1. The fraction of sp³-hybridized carbons (Fsp3) is 0.286. The summed E-state index contributed by atoms with van der Waals surface area (Å²) in [6.07, 6.45) is 2.21. The number of carboxylic acids is 1. The molecule has 0 saturated heterocycles. The van der Waals surface area contributed by atoms with Crippen LogP contribution in [0.4, 0.5) is 0 Å². The zero-order valence-electron chi connectivity index (χ0n) is 15.9. The normalized spacial score (nSPS) is 13.2. The number of rotatable bonds is 8. The third kappa shape index (κ3) is 3.75. The number of amides is 1. The molecule has 7 heteroatoms. The molecule has 2 aromatic carbocycles. The van der Waals surface area contributed by atoms with E-state index >= 15 is 0 Å². The van der Waals surface area contributed by atoms with Crippen LogP contribution < -0.4 is 5.32 Å². The first-order valence-electron chi connectivity index (χ1n) is 9.05. The quantitative estimate of drug-likeness (QED) is 0.609. The van der Waals surface area contributed by atoms with E-state index in [0.29, 0.717) is 11.3 Å². The van der Waals surface area contributed by atoms with Crippen LogP contribution in [0.3, 0.4) is 0 Å². The van der Waals surface area contributed by atoms with Gasteiger partial charge in [0, 0.05) is 0 Å². The minimum atomic E-state index is -1.46. The second-order valence-electron chi connectivity index (χ2n) is 6.51. The van der Waals surface area contributed by atoms with Gasteiger partial charge in [0.15, 0.2) is 5.54 Å². The predicted molar refractivity (Wildman–Crippen MR) is 111 cm³/mol. The molecule has 1 unspecified atom stereocenters. The number of nitrogens with one attached hydrogen (secondary N) is 1. The Labute approximate surface area is 168 Å². The Hall–Kier alpha value is -2.80. The van der Waals surface area contributed by atoms with Crippen molar-refractivity contribution in [3.05, 3.63) is 66.0 Å². The number of fused-ring (bicyclic) bond motifs is 1. The number of benzene rings is 2. The smallest absolute Gasteiger partial charge is 0.334 e. The van der Waals surface area contributed by atoms with Crippen molar-refractivity contribution in [3.8, 4) is 0 Å². The average molecular weight is 398 g/mol. The number of hydrogen-bond donors (Lipinski definition) is 2. The van der Waals surface area contributed by atoms with Crippen molar-refractivity contribution in [2.45, 2.75) is 31.2 Å². The van der Waals surface area contributed by atoms with E-state index < -0.39 is 11.5 Å². The number of para-hydroxylation sites is 2. The summed E-state index contributed by atoms with van der Waals surface area (Å²) in [5, 5.41) is 12.7. The molecule has 0 aliphatic heterocycles. The van der Waals surface area contributed by atoms with Crippen LogP contribution in [0.15, 0.2) is 54.6 Å². The van der Waals surface area contributed by atoms with Gasteiger partial charge in [0.05, 0.1) is 16.8 Å². The van der Waals surface area contributed by atoms with Crippen LogP contribution in [0.1, 0.15) is 24.7 Å². The molecule has 0 saturated carbocycles. The summed E-state index contributed by atoms with van der Waals surface area (Å²) in [6, 6.07) is 16.5. The molecule has 0 aliphatic rings. The molecule has 3 aromatic rings. The largest absolute Gasteiger partial charge is 0.479 e. The van der Waals surface area contributed by atoms with Crippen molar-refractivity contribution in [3.63, 3.8) is 0 Å². The first-order valence-corrected chi connectivity index (χ1v) is 10.4. The maximum absolute atomic E-state index is 12.9. The zero-order chi connectivity index (χ0) is 20.1. The number of carbonyl (C=O) groups excluding carboxylic acids is 1. The molecule has 2 N–H and O–H groups in total. The lowest BCUT2D eigenvalue weighted by molar-refractivity contribution is -0.148. The van der Waals surface area contributed by atoms with Crippen LogP contribution in [-0.2, 0) is 27.4 Å². The molecule has 146 valence electrons. The van der Waals surface area contributed by atoms with Gasteiger partial charge in [0.25, 0.3) is 0 Å². The van der Waals surface area contributed by atoms with Crippen LogP contribution in [0, 0.1) is 0 Å². The topological polar surface area (TPSA) is 84.2 Å². The van der Waals surface area contributed by atoms with Gasteiger partial charge in [-0.05, 0) is 30.4 Å². The highest BCUT2D eigenvalue weighted by Gasteiger charge is 2.40. The van der Waals surface area contributed by atoms with E-state index in [2.05, 4.69) is 10.3 Å². The van der Waals surface area contributed by atoms with E-state index in [1.54, 1.807) is 43.0 Å². The van der Waals surface area contributed by atoms with E-state index in [1.165, 1.54) is 0 Å². The molecule has 0 bridgehead atoms. The maximum atomic E-state index is 12.9. The molecular formula is C21H23N3O3S. The number of carbonyl (C=O) groups is 2. The summed E-state index contributed by atoms with van der Waals surface area (Å²) < 4.78 is 1.86. The number of aromatic nitrogens is 2. The van der Waals surface area contributed by atoms with Gasteiger partial charge < -0.3 is 15.0 Å². The third-order valence-electron chi connectivity index (χ3n) is 4.82. The van der Waals surface area contributed by atoms with Gasteiger partial charge in [-0.2, -0.15) is 11.8 Å². The number of imidazole rings is 1. The van der Waals surface area contributed by atoms with Gasteiger partial charge in [-0.15, -0.1) is 0 Å². The highest BCUT2D eigenvalue weighted by atomic mass is 32.2. The van der Waals surface area contributed by atoms with Gasteiger partial charge >= 0.3 is 5.97 Å². The van der Waals surface area contributed by atoms with E-state index in [4.69, 9.17) is 0 Å². The number of carboxylic acid groups (broad SMARTS) is 1. The van der Waals surface area contributed by atoms with E-state index in [1.807, 2.05) is 41.2 Å². The first-order chi connectivity index (χ1) is 13.5. The second kappa shape index (κ2) is 8.48. The van der Waals surface area contributed by atoms with Gasteiger partial charge in [-0.1, -0.05) is 49.4 Å². The summed E-state index contributed by atoms with van der Waals surface area (Å²) in [4.78, 5) is 29.7. The fourth-order valence-corrected chi connectivity index (χ4v) is 3.86. The predicted octanol–water partition coefficient (Wildman–Crippen LogP) is 3.41. The molecule has 3 rings (SSSR count). The van der Waals surface area contributed by atoms with Gasteiger partial charge in [0.2, 0.25) is 5.91 Å². The van der Waals surface area contributed by atoms with E-state index in [0.717, 1.165) is 16.9 Å². The molecule has 1 heterocycles. The lowest BCUT2D eigenvalue weighted by atomic mass is 9.87. The van der Waals surface area contributed by atoms with Gasteiger partial charge in [-0.25, -0.2) is 9.78 Å². The van der Waals surface area contributed by atoms with Gasteiger partial charge in [0.1, 0.15) is 12.4 Å². The molecule has 0 aliphatic carbocycles. The molecule has 28 heavy (non-hydrogen) atoms. The highest BCUT2D eigenvalue weighted by Crippen LogP contribution is 2.26.